The summed E-state index contributed by atoms with van der Waals surface area (Å²) in [6.45, 7) is 3.99. The molecule has 13 heteroatoms. The molecule has 0 saturated carbocycles. The topological polar surface area (TPSA) is 152 Å². The first kappa shape index (κ1) is 34.1. The molecule has 0 aliphatic carbocycles. The summed E-state index contributed by atoms with van der Waals surface area (Å²) in [6.07, 6.45) is 3.11. The third kappa shape index (κ3) is 10.1. The molecule has 10 nitrogen and oxygen atoms in total. The average Bonchev–Trinajstić information content (AvgIpc) is 3.44. The Morgan fingerprint density at radius 1 is 1.16 bits per heavy atom. The Kier molecular flexibility index (Phi) is 13.0. The summed E-state index contributed by atoms with van der Waals surface area (Å²) in [5, 5.41) is 35.0. The fourth-order valence-electron chi connectivity index (χ4n) is 4.72. The van der Waals surface area contributed by atoms with Crippen molar-refractivity contribution in [3.8, 4) is 6.07 Å². The fourth-order valence-corrected chi connectivity index (χ4v) is 5.09. The van der Waals surface area contributed by atoms with Crippen LogP contribution in [0.5, 0.6) is 0 Å². The molecule has 0 spiro atoms. The standard InChI is InChI=1S/C30H35BCl2N4O6/c1-19(2)13-21(16-34)30(40)37-12-6-9-23(37)17-43-18-26(35-28(38)24-15-22(32)10-11-25(24)33)29(39)36-27(31(41)42)14-20-7-4-3-5-8-20/h3-5,7-8,10-11,13,15,19,23,26-27,41-42H,6,9,12,14,17-18H2,1-2H3,(H,35,38)(H,36,39)/t23-,26?,27?/m1/s1. The zero-order chi connectivity index (χ0) is 31.5. The highest BCUT2D eigenvalue weighted by Crippen LogP contribution is 2.22. The van der Waals surface area contributed by atoms with Crippen LogP contribution in [0.25, 0.3) is 0 Å². The van der Waals surface area contributed by atoms with Gasteiger partial charge >= 0.3 is 7.12 Å². The van der Waals surface area contributed by atoms with E-state index in [1.54, 1.807) is 35.2 Å². The van der Waals surface area contributed by atoms with Gasteiger partial charge in [-0.3, -0.25) is 14.4 Å². The van der Waals surface area contributed by atoms with Crippen LogP contribution in [0.2, 0.25) is 10.0 Å². The van der Waals surface area contributed by atoms with E-state index in [1.165, 1.54) is 18.2 Å². The van der Waals surface area contributed by atoms with E-state index in [1.807, 2.05) is 26.0 Å². The minimum Gasteiger partial charge on any atom is -0.426 e. The molecule has 1 aliphatic rings. The van der Waals surface area contributed by atoms with E-state index in [4.69, 9.17) is 27.9 Å². The summed E-state index contributed by atoms with van der Waals surface area (Å²) in [7, 11) is -1.88. The Morgan fingerprint density at radius 3 is 2.53 bits per heavy atom. The maximum Gasteiger partial charge on any atom is 0.475 e. The molecular formula is C30H35BCl2N4O6. The number of rotatable bonds is 13. The van der Waals surface area contributed by atoms with Gasteiger partial charge in [0.25, 0.3) is 11.8 Å². The molecular weight excluding hydrogens is 594 g/mol. The quantitative estimate of drug-likeness (QED) is 0.151. The van der Waals surface area contributed by atoms with Gasteiger partial charge in [0.2, 0.25) is 5.91 Å². The molecule has 0 aromatic heterocycles. The molecule has 1 fully saturated rings. The van der Waals surface area contributed by atoms with Crippen molar-refractivity contribution >= 4 is 48.0 Å². The number of benzene rings is 2. The van der Waals surface area contributed by atoms with Crippen molar-refractivity contribution in [2.75, 3.05) is 19.8 Å². The van der Waals surface area contributed by atoms with Gasteiger partial charge in [0.05, 0.1) is 35.8 Å². The lowest BCUT2D eigenvalue weighted by molar-refractivity contribution is -0.130. The lowest BCUT2D eigenvalue weighted by Crippen LogP contribution is -2.56. The van der Waals surface area contributed by atoms with Crippen molar-refractivity contribution in [2.45, 2.75) is 51.1 Å². The molecule has 1 aliphatic heterocycles. The number of nitrogens with one attached hydrogen (secondary N) is 2. The first-order valence-electron chi connectivity index (χ1n) is 14.0. The van der Waals surface area contributed by atoms with Crippen LogP contribution in [-0.2, 0) is 20.7 Å². The second-order valence-corrected chi connectivity index (χ2v) is 11.5. The Bertz CT molecular complexity index is 1350. The third-order valence-electron chi connectivity index (χ3n) is 6.86. The van der Waals surface area contributed by atoms with Crippen molar-refractivity contribution in [1.29, 1.82) is 5.26 Å². The predicted octanol–water partition coefficient (Wildman–Crippen LogP) is 2.94. The van der Waals surface area contributed by atoms with Gasteiger partial charge < -0.3 is 30.3 Å². The summed E-state index contributed by atoms with van der Waals surface area (Å²) in [5.41, 5.74) is 0.873. The number of nitrogens with zero attached hydrogens (tertiary/aromatic N) is 2. The molecule has 2 unspecified atom stereocenters. The second kappa shape index (κ2) is 16.5. The van der Waals surface area contributed by atoms with Crippen molar-refractivity contribution in [1.82, 2.24) is 15.5 Å². The number of carbonyl (C=O) groups is 3. The van der Waals surface area contributed by atoms with E-state index < -0.39 is 30.9 Å². The first-order valence-corrected chi connectivity index (χ1v) is 14.7. The number of amides is 3. The number of nitriles is 1. The van der Waals surface area contributed by atoms with Crippen LogP contribution in [0.3, 0.4) is 0 Å². The first-order chi connectivity index (χ1) is 20.5. The Labute approximate surface area is 261 Å². The maximum absolute atomic E-state index is 13.4. The Hall–Kier alpha value is -3.40. The number of likely N-dealkylation sites (tertiary alicyclic amines) is 1. The molecule has 3 amide bonds. The van der Waals surface area contributed by atoms with E-state index >= 15 is 0 Å². The lowest BCUT2D eigenvalue weighted by Gasteiger charge is -2.26. The number of halogens is 2. The monoisotopic (exact) mass is 628 g/mol. The summed E-state index contributed by atoms with van der Waals surface area (Å²) in [5.74, 6) is -2.83. The number of allylic oxidation sites excluding steroid dienone is 1. The zero-order valence-corrected chi connectivity index (χ0v) is 25.5. The number of carbonyl (C=O) groups excluding carboxylic acids is 3. The summed E-state index contributed by atoms with van der Waals surface area (Å²) >= 11 is 12.2. The van der Waals surface area contributed by atoms with Gasteiger partial charge in [-0.05, 0) is 48.9 Å². The third-order valence-corrected chi connectivity index (χ3v) is 7.43. The lowest BCUT2D eigenvalue weighted by atomic mass is 9.76. The molecule has 2 aromatic carbocycles. The van der Waals surface area contributed by atoms with Gasteiger partial charge in [-0.1, -0.05) is 73.5 Å². The molecule has 0 radical (unpaired) electrons. The minimum atomic E-state index is -1.88. The molecule has 228 valence electrons. The molecule has 3 atom stereocenters. The van der Waals surface area contributed by atoms with Crippen LogP contribution in [-0.4, -0.2) is 77.6 Å². The molecule has 2 aromatic rings. The SMILES string of the molecule is CC(C)C=C(C#N)C(=O)N1CCC[C@@H]1COCC(NC(=O)c1cc(Cl)ccc1Cl)C(=O)NC(Cc1ccccc1)B(O)O. The minimum absolute atomic E-state index is 0.0231. The van der Waals surface area contributed by atoms with Crippen LogP contribution in [0.15, 0.2) is 60.2 Å². The predicted molar refractivity (Wildman–Crippen MR) is 164 cm³/mol. The van der Waals surface area contributed by atoms with E-state index in [0.29, 0.717) is 13.0 Å². The largest absolute Gasteiger partial charge is 0.475 e. The van der Waals surface area contributed by atoms with E-state index in [2.05, 4.69) is 10.6 Å². The summed E-state index contributed by atoms with van der Waals surface area (Å²) < 4.78 is 5.87. The van der Waals surface area contributed by atoms with Gasteiger partial charge in [0.1, 0.15) is 17.7 Å². The van der Waals surface area contributed by atoms with E-state index in [-0.39, 0.29) is 58.7 Å². The summed E-state index contributed by atoms with van der Waals surface area (Å²) in [6, 6.07) is 13.7. The molecule has 43 heavy (non-hydrogen) atoms. The average molecular weight is 629 g/mol. The van der Waals surface area contributed by atoms with Gasteiger partial charge in [-0.25, -0.2) is 0 Å². The highest BCUT2D eigenvalue weighted by Gasteiger charge is 2.33. The fraction of sp³-hybridized carbons (Fsp3) is 0.400. The van der Waals surface area contributed by atoms with E-state index in [0.717, 1.165) is 12.0 Å². The molecule has 1 saturated heterocycles. The zero-order valence-electron chi connectivity index (χ0n) is 24.0. The van der Waals surface area contributed by atoms with Crippen molar-refractivity contribution < 1.29 is 29.2 Å². The van der Waals surface area contributed by atoms with Gasteiger partial charge in [0, 0.05) is 11.6 Å². The molecule has 3 rings (SSSR count). The highest BCUT2D eigenvalue weighted by molar-refractivity contribution is 6.43. The molecule has 0 bridgehead atoms. The second-order valence-electron chi connectivity index (χ2n) is 10.6. The van der Waals surface area contributed by atoms with E-state index in [9.17, 15) is 29.7 Å². The Morgan fingerprint density at radius 2 is 1.88 bits per heavy atom. The number of hydrogen-bond donors (Lipinski definition) is 4. The number of hydrogen-bond acceptors (Lipinski definition) is 7. The molecule has 1 heterocycles. The van der Waals surface area contributed by atoms with Crippen LogP contribution >= 0.6 is 23.2 Å². The number of ether oxygens (including phenoxy) is 1. The van der Waals surface area contributed by atoms with Crippen molar-refractivity contribution in [2.24, 2.45) is 5.92 Å². The van der Waals surface area contributed by atoms with Crippen LogP contribution < -0.4 is 10.6 Å². The van der Waals surface area contributed by atoms with Crippen molar-refractivity contribution in [3.05, 3.63) is 81.4 Å². The van der Waals surface area contributed by atoms with Gasteiger partial charge in [0.15, 0.2) is 0 Å². The van der Waals surface area contributed by atoms with Crippen LogP contribution in [0, 0.1) is 17.2 Å². The maximum atomic E-state index is 13.4. The highest BCUT2D eigenvalue weighted by atomic mass is 35.5. The molecule has 4 N–H and O–H groups in total. The summed E-state index contributed by atoms with van der Waals surface area (Å²) in [4.78, 5) is 41.1. The van der Waals surface area contributed by atoms with Crippen molar-refractivity contribution in [3.63, 3.8) is 0 Å². The van der Waals surface area contributed by atoms with Crippen LogP contribution in [0.1, 0.15) is 42.6 Å². The van der Waals surface area contributed by atoms with Gasteiger partial charge in [-0.2, -0.15) is 5.26 Å². The van der Waals surface area contributed by atoms with Gasteiger partial charge in [-0.15, -0.1) is 0 Å². The smallest absolute Gasteiger partial charge is 0.426 e. The van der Waals surface area contributed by atoms with Crippen LogP contribution in [0.4, 0.5) is 0 Å². The normalized spacial score (nSPS) is 16.4. The Balaban J connectivity index is 1.74.